The third-order valence-corrected chi connectivity index (χ3v) is 4.33. The van der Waals surface area contributed by atoms with E-state index in [0.29, 0.717) is 17.1 Å². The van der Waals surface area contributed by atoms with Crippen LogP contribution in [-0.2, 0) is 0 Å². The Bertz CT molecular complexity index is 609. The second-order valence-electron chi connectivity index (χ2n) is 4.52. The lowest BCUT2D eigenvalue weighted by atomic mass is 10.1. The van der Waals surface area contributed by atoms with Crippen molar-refractivity contribution in [2.24, 2.45) is 0 Å². The molecule has 0 aromatic carbocycles. The van der Waals surface area contributed by atoms with Gasteiger partial charge in [-0.15, -0.1) is 10.2 Å². The molecular formula is C10H9F2N5OS. The fourth-order valence-corrected chi connectivity index (χ4v) is 3.25. The zero-order chi connectivity index (χ0) is 13.0. The highest BCUT2D eigenvalue weighted by molar-refractivity contribution is 7.18. The quantitative estimate of drug-likeness (QED) is 0.924. The number of nitrogens with one attached hydrogen (secondary N) is 1. The van der Waals surface area contributed by atoms with E-state index >= 15 is 0 Å². The minimum absolute atomic E-state index is 0.0959. The smallest absolute Gasteiger partial charge is 0.314 e. The van der Waals surface area contributed by atoms with Gasteiger partial charge in [0.25, 0.3) is 11.8 Å². The number of hydrogen-bond acceptors (Lipinski definition) is 7. The van der Waals surface area contributed by atoms with E-state index in [4.69, 9.17) is 4.42 Å². The molecule has 3 saturated heterocycles. The Hall–Kier alpha value is -1.61. The number of halogens is 2. The minimum Gasteiger partial charge on any atom is -0.414 e. The zero-order valence-electron chi connectivity index (χ0n) is 9.58. The molecule has 0 spiro atoms. The van der Waals surface area contributed by atoms with E-state index in [1.807, 2.05) is 0 Å². The minimum atomic E-state index is -2.75. The molecule has 3 aliphatic heterocycles. The van der Waals surface area contributed by atoms with Gasteiger partial charge in [-0.3, -0.25) is 5.32 Å². The molecule has 19 heavy (non-hydrogen) atoms. The summed E-state index contributed by atoms with van der Waals surface area (Å²) in [5, 5.41) is 11.2. The molecule has 1 N–H and O–H groups in total. The van der Waals surface area contributed by atoms with Crippen LogP contribution in [-0.4, -0.2) is 33.9 Å². The normalized spacial score (nSPS) is 25.1. The van der Waals surface area contributed by atoms with E-state index in [-0.39, 0.29) is 5.89 Å². The maximum Gasteiger partial charge on any atom is 0.314 e. The Morgan fingerprint density at radius 3 is 2.95 bits per heavy atom. The number of rotatable bonds is 3. The van der Waals surface area contributed by atoms with Crippen LogP contribution in [0.5, 0.6) is 0 Å². The molecule has 0 aliphatic carbocycles. The van der Waals surface area contributed by atoms with Crippen molar-refractivity contribution < 1.29 is 13.2 Å². The van der Waals surface area contributed by atoms with E-state index in [2.05, 4.69) is 25.4 Å². The van der Waals surface area contributed by atoms with Crippen LogP contribution in [0.4, 0.5) is 13.9 Å². The summed E-state index contributed by atoms with van der Waals surface area (Å²) in [6.45, 7) is 0.934. The highest BCUT2D eigenvalue weighted by Crippen LogP contribution is 2.37. The van der Waals surface area contributed by atoms with Gasteiger partial charge in [-0.2, -0.15) is 8.78 Å². The molecule has 2 aromatic rings. The van der Waals surface area contributed by atoms with Crippen molar-refractivity contribution in [3.63, 3.8) is 0 Å². The highest BCUT2D eigenvalue weighted by Gasteiger charge is 2.43. The van der Waals surface area contributed by atoms with Gasteiger partial charge in [0.2, 0.25) is 0 Å². The fourth-order valence-electron chi connectivity index (χ4n) is 2.36. The first kappa shape index (κ1) is 11.2. The summed E-state index contributed by atoms with van der Waals surface area (Å²) < 4.78 is 29.7. The molecule has 2 aromatic heterocycles. The Balaban J connectivity index is 1.60. The monoisotopic (exact) mass is 285 g/mol. The number of hydrogen-bond donors (Lipinski definition) is 1. The molecule has 2 unspecified atom stereocenters. The first-order chi connectivity index (χ1) is 9.20. The fraction of sp³-hybridized carbons (Fsp3) is 0.500. The molecule has 3 fully saturated rings. The van der Waals surface area contributed by atoms with Crippen molar-refractivity contribution in [1.82, 2.24) is 20.5 Å². The van der Waals surface area contributed by atoms with Crippen molar-refractivity contribution in [2.75, 3.05) is 11.4 Å². The van der Waals surface area contributed by atoms with Crippen LogP contribution < -0.4 is 10.2 Å². The van der Waals surface area contributed by atoms with Gasteiger partial charge in [-0.1, -0.05) is 11.3 Å². The van der Waals surface area contributed by atoms with E-state index in [9.17, 15) is 8.78 Å². The van der Waals surface area contributed by atoms with E-state index in [1.54, 1.807) is 6.20 Å². The van der Waals surface area contributed by atoms with Crippen molar-refractivity contribution in [3.8, 4) is 10.8 Å². The number of fused-ring (bicyclic) bond motifs is 1. The largest absolute Gasteiger partial charge is 0.414 e. The summed E-state index contributed by atoms with van der Waals surface area (Å²) in [5.74, 6) is -0.561. The lowest BCUT2D eigenvalue weighted by Crippen LogP contribution is -2.47. The van der Waals surface area contributed by atoms with Crippen LogP contribution >= 0.6 is 11.3 Å². The van der Waals surface area contributed by atoms with Crippen LogP contribution in [0.15, 0.2) is 10.6 Å². The van der Waals surface area contributed by atoms with Gasteiger partial charge in [-0.25, -0.2) is 4.98 Å². The Labute approximate surface area is 110 Å². The summed E-state index contributed by atoms with van der Waals surface area (Å²) in [5.41, 5.74) is 0. The molecule has 0 saturated carbocycles. The van der Waals surface area contributed by atoms with E-state index < -0.39 is 12.3 Å². The van der Waals surface area contributed by atoms with E-state index in [1.165, 1.54) is 11.3 Å². The predicted molar refractivity (Wildman–Crippen MR) is 63.0 cm³/mol. The summed E-state index contributed by atoms with van der Waals surface area (Å²) in [6.07, 6.45) is 0.315. The number of thiazole rings is 1. The van der Waals surface area contributed by atoms with Crippen molar-refractivity contribution >= 4 is 16.5 Å². The lowest BCUT2D eigenvalue weighted by Gasteiger charge is -2.27. The van der Waals surface area contributed by atoms with Crippen LogP contribution in [0.1, 0.15) is 18.7 Å². The summed E-state index contributed by atoms with van der Waals surface area (Å²) in [6, 6.07) is 0.547. The highest BCUT2D eigenvalue weighted by atomic mass is 32.1. The van der Waals surface area contributed by atoms with Gasteiger partial charge >= 0.3 is 6.43 Å². The molecule has 9 heteroatoms. The Kier molecular flexibility index (Phi) is 2.33. The van der Waals surface area contributed by atoms with Crippen molar-refractivity contribution in [3.05, 3.63) is 12.1 Å². The van der Waals surface area contributed by atoms with Crippen molar-refractivity contribution in [2.45, 2.75) is 25.1 Å². The van der Waals surface area contributed by atoms with E-state index in [0.717, 1.165) is 18.1 Å². The molecular weight excluding hydrogens is 276 g/mol. The average Bonchev–Trinajstić information content (AvgIpc) is 3.10. The van der Waals surface area contributed by atoms with Gasteiger partial charge in [0.05, 0.1) is 12.4 Å². The SMILES string of the molecule is FC(F)c1nnc(-c2cnc(N3CC4CC3N4)s2)o1. The van der Waals surface area contributed by atoms with Crippen LogP contribution in [0.3, 0.4) is 0 Å². The molecule has 5 rings (SSSR count). The molecule has 2 bridgehead atoms. The second-order valence-corrected chi connectivity index (χ2v) is 5.53. The van der Waals surface area contributed by atoms with Crippen LogP contribution in [0.2, 0.25) is 0 Å². The van der Waals surface area contributed by atoms with Crippen molar-refractivity contribution in [1.29, 1.82) is 0 Å². The van der Waals surface area contributed by atoms with Gasteiger partial charge in [0, 0.05) is 12.6 Å². The molecule has 100 valence electrons. The summed E-state index contributed by atoms with van der Waals surface area (Å²) in [7, 11) is 0. The molecule has 0 amide bonds. The number of anilines is 1. The number of nitrogens with zero attached hydrogens (tertiary/aromatic N) is 4. The number of aromatic nitrogens is 3. The molecule has 5 heterocycles. The molecule has 6 nitrogen and oxygen atoms in total. The maximum atomic E-state index is 12.4. The van der Waals surface area contributed by atoms with Gasteiger partial charge in [0.15, 0.2) is 5.13 Å². The number of alkyl halides is 2. The summed E-state index contributed by atoms with van der Waals surface area (Å²) >= 11 is 1.37. The standard InChI is InChI=1S/C10H9F2N5OS/c11-7(12)9-16-15-8(18-9)5-2-13-10(19-5)17-3-4-1-6(17)14-4/h2,4,6-7,14H,1,3H2. The molecule has 3 aliphatic rings. The average molecular weight is 285 g/mol. The Morgan fingerprint density at radius 1 is 1.47 bits per heavy atom. The van der Waals surface area contributed by atoms with Gasteiger partial charge in [0.1, 0.15) is 4.88 Å². The predicted octanol–water partition coefficient (Wildman–Crippen LogP) is 1.64. The van der Waals surface area contributed by atoms with Crippen LogP contribution in [0, 0.1) is 0 Å². The third-order valence-electron chi connectivity index (χ3n) is 3.31. The van der Waals surface area contributed by atoms with Gasteiger partial charge in [-0.05, 0) is 6.42 Å². The molecule has 0 radical (unpaired) electrons. The lowest BCUT2D eigenvalue weighted by molar-refractivity contribution is 0.116. The second kappa shape index (κ2) is 3.94. The van der Waals surface area contributed by atoms with Crippen LogP contribution in [0.25, 0.3) is 10.8 Å². The zero-order valence-corrected chi connectivity index (χ0v) is 10.4. The summed E-state index contributed by atoms with van der Waals surface area (Å²) in [4.78, 5) is 7.07. The maximum absolute atomic E-state index is 12.4. The molecule has 2 atom stereocenters. The topological polar surface area (TPSA) is 67.1 Å². The Morgan fingerprint density at radius 2 is 2.32 bits per heavy atom. The van der Waals surface area contributed by atoms with Gasteiger partial charge < -0.3 is 9.32 Å². The first-order valence-corrected chi connectivity index (χ1v) is 6.63. The first-order valence-electron chi connectivity index (χ1n) is 5.81. The third kappa shape index (κ3) is 1.72.